The van der Waals surface area contributed by atoms with E-state index < -0.39 is 0 Å². The second-order valence-corrected chi connectivity index (χ2v) is 4.37. The molecule has 1 aromatic heterocycles. The monoisotopic (exact) mass is 210 g/mol. The lowest BCUT2D eigenvalue weighted by atomic mass is 10.1. The SMILES string of the molecule is CC1=C(c2occc2C)Cc2ccccc21. The van der Waals surface area contributed by atoms with E-state index in [1.807, 2.05) is 6.07 Å². The van der Waals surface area contributed by atoms with Crippen molar-refractivity contribution in [3.05, 3.63) is 59.0 Å². The number of fused-ring (bicyclic) bond motifs is 1. The van der Waals surface area contributed by atoms with Crippen LogP contribution in [0.15, 0.2) is 41.0 Å². The first kappa shape index (κ1) is 9.46. The molecule has 16 heavy (non-hydrogen) atoms. The fourth-order valence-corrected chi connectivity index (χ4v) is 2.46. The third-order valence-electron chi connectivity index (χ3n) is 3.38. The van der Waals surface area contributed by atoms with Crippen LogP contribution < -0.4 is 0 Å². The van der Waals surface area contributed by atoms with E-state index in [9.17, 15) is 0 Å². The maximum Gasteiger partial charge on any atom is 0.133 e. The van der Waals surface area contributed by atoms with Gasteiger partial charge in [-0.3, -0.25) is 0 Å². The average molecular weight is 210 g/mol. The van der Waals surface area contributed by atoms with Gasteiger partial charge in [-0.15, -0.1) is 0 Å². The van der Waals surface area contributed by atoms with Gasteiger partial charge in [0.25, 0.3) is 0 Å². The lowest BCUT2D eigenvalue weighted by Gasteiger charge is -2.01. The molecule has 1 heterocycles. The molecule has 0 atom stereocenters. The van der Waals surface area contributed by atoms with Gasteiger partial charge in [0.05, 0.1) is 6.26 Å². The van der Waals surface area contributed by atoms with Crippen LogP contribution in [0.1, 0.15) is 29.4 Å². The van der Waals surface area contributed by atoms with Crippen LogP contribution in [0.4, 0.5) is 0 Å². The molecule has 1 aliphatic carbocycles. The van der Waals surface area contributed by atoms with Crippen molar-refractivity contribution in [2.75, 3.05) is 0 Å². The fraction of sp³-hybridized carbons (Fsp3) is 0.200. The van der Waals surface area contributed by atoms with Crippen LogP contribution in [0.2, 0.25) is 0 Å². The highest BCUT2D eigenvalue weighted by atomic mass is 16.3. The molecule has 1 nitrogen and oxygen atoms in total. The Kier molecular flexibility index (Phi) is 2.00. The number of hydrogen-bond acceptors (Lipinski definition) is 1. The van der Waals surface area contributed by atoms with Crippen molar-refractivity contribution < 1.29 is 4.42 Å². The van der Waals surface area contributed by atoms with Gasteiger partial charge in [-0.1, -0.05) is 24.3 Å². The summed E-state index contributed by atoms with van der Waals surface area (Å²) in [6.07, 6.45) is 2.77. The van der Waals surface area contributed by atoms with Crippen molar-refractivity contribution in [2.45, 2.75) is 20.3 Å². The maximum absolute atomic E-state index is 5.59. The lowest BCUT2D eigenvalue weighted by molar-refractivity contribution is 0.550. The van der Waals surface area contributed by atoms with Gasteiger partial charge in [0, 0.05) is 12.0 Å². The molecule has 2 aromatic rings. The smallest absolute Gasteiger partial charge is 0.133 e. The van der Waals surface area contributed by atoms with Crippen LogP contribution in [0.25, 0.3) is 11.1 Å². The van der Waals surface area contributed by atoms with Crippen LogP contribution in [0, 0.1) is 6.92 Å². The normalized spacial score (nSPS) is 14.4. The lowest BCUT2D eigenvalue weighted by Crippen LogP contribution is -1.85. The van der Waals surface area contributed by atoms with Gasteiger partial charge in [-0.05, 0) is 42.2 Å². The number of benzene rings is 1. The molecule has 1 heteroatoms. The minimum Gasteiger partial charge on any atom is -0.464 e. The molecule has 0 amide bonds. The van der Waals surface area contributed by atoms with E-state index in [0.717, 1.165) is 12.2 Å². The first-order valence-electron chi connectivity index (χ1n) is 5.60. The van der Waals surface area contributed by atoms with E-state index in [4.69, 9.17) is 4.42 Å². The van der Waals surface area contributed by atoms with Gasteiger partial charge in [-0.2, -0.15) is 0 Å². The number of hydrogen-bond donors (Lipinski definition) is 0. The molecule has 0 bridgehead atoms. The van der Waals surface area contributed by atoms with Crippen molar-refractivity contribution in [3.63, 3.8) is 0 Å². The van der Waals surface area contributed by atoms with E-state index in [2.05, 4.69) is 38.1 Å². The molecule has 0 aliphatic heterocycles. The van der Waals surface area contributed by atoms with Crippen LogP contribution >= 0.6 is 0 Å². The first-order chi connectivity index (χ1) is 7.77. The molecule has 1 aromatic carbocycles. The second kappa shape index (κ2) is 3.38. The Bertz CT molecular complexity index is 573. The summed E-state index contributed by atoms with van der Waals surface area (Å²) in [5.41, 5.74) is 6.69. The fourth-order valence-electron chi connectivity index (χ4n) is 2.46. The molecule has 0 fully saturated rings. The van der Waals surface area contributed by atoms with Crippen molar-refractivity contribution in [1.29, 1.82) is 0 Å². The summed E-state index contributed by atoms with van der Waals surface area (Å²) < 4.78 is 5.59. The Hall–Kier alpha value is -1.76. The zero-order chi connectivity index (χ0) is 11.1. The van der Waals surface area contributed by atoms with Crippen LogP contribution in [0.5, 0.6) is 0 Å². The average Bonchev–Trinajstić information content (AvgIpc) is 2.84. The van der Waals surface area contributed by atoms with Crippen molar-refractivity contribution in [1.82, 2.24) is 0 Å². The Labute approximate surface area is 95.4 Å². The van der Waals surface area contributed by atoms with Crippen LogP contribution in [-0.4, -0.2) is 0 Å². The van der Waals surface area contributed by atoms with Gasteiger partial charge >= 0.3 is 0 Å². The Morgan fingerprint density at radius 1 is 1.06 bits per heavy atom. The Morgan fingerprint density at radius 2 is 1.88 bits per heavy atom. The summed E-state index contributed by atoms with van der Waals surface area (Å²) in [5.74, 6) is 1.05. The molecular weight excluding hydrogens is 196 g/mol. The molecule has 1 aliphatic rings. The first-order valence-corrected chi connectivity index (χ1v) is 5.60. The van der Waals surface area contributed by atoms with E-state index in [1.54, 1.807) is 6.26 Å². The number of furan rings is 1. The molecule has 3 rings (SSSR count). The highest BCUT2D eigenvalue weighted by Crippen LogP contribution is 2.38. The molecule has 80 valence electrons. The summed E-state index contributed by atoms with van der Waals surface area (Å²) in [7, 11) is 0. The highest BCUT2D eigenvalue weighted by Gasteiger charge is 2.21. The van der Waals surface area contributed by atoms with Crippen LogP contribution in [0.3, 0.4) is 0 Å². The van der Waals surface area contributed by atoms with Crippen LogP contribution in [-0.2, 0) is 6.42 Å². The van der Waals surface area contributed by atoms with E-state index in [1.165, 1.54) is 27.8 Å². The Morgan fingerprint density at radius 3 is 2.56 bits per heavy atom. The topological polar surface area (TPSA) is 13.1 Å². The summed E-state index contributed by atoms with van der Waals surface area (Å²) in [4.78, 5) is 0. The predicted octanol–water partition coefficient (Wildman–Crippen LogP) is 4.07. The summed E-state index contributed by atoms with van der Waals surface area (Å²) in [6.45, 7) is 4.28. The maximum atomic E-state index is 5.59. The molecule has 0 unspecified atom stereocenters. The largest absolute Gasteiger partial charge is 0.464 e. The molecular formula is C15H14O. The van der Waals surface area contributed by atoms with Crippen molar-refractivity contribution >= 4 is 11.1 Å². The molecule has 0 saturated heterocycles. The summed E-state index contributed by atoms with van der Waals surface area (Å²) >= 11 is 0. The molecule has 0 radical (unpaired) electrons. The number of allylic oxidation sites excluding steroid dienone is 2. The molecule has 0 spiro atoms. The minimum absolute atomic E-state index is 0.996. The van der Waals surface area contributed by atoms with Gasteiger partial charge in [0.15, 0.2) is 0 Å². The standard InChI is InChI=1S/C15H14O/c1-10-7-8-16-15(10)14-9-12-5-3-4-6-13(12)11(14)2/h3-8H,9H2,1-2H3. The van der Waals surface area contributed by atoms with E-state index >= 15 is 0 Å². The molecule has 0 N–H and O–H groups in total. The zero-order valence-corrected chi connectivity index (χ0v) is 9.58. The second-order valence-electron chi connectivity index (χ2n) is 4.37. The van der Waals surface area contributed by atoms with Crippen molar-refractivity contribution in [3.8, 4) is 0 Å². The minimum atomic E-state index is 0.996. The van der Waals surface area contributed by atoms with Gasteiger partial charge in [-0.25, -0.2) is 0 Å². The third kappa shape index (κ3) is 1.25. The van der Waals surface area contributed by atoms with Crippen molar-refractivity contribution in [2.24, 2.45) is 0 Å². The van der Waals surface area contributed by atoms with Gasteiger partial charge in [0.1, 0.15) is 5.76 Å². The van der Waals surface area contributed by atoms with Gasteiger partial charge < -0.3 is 4.42 Å². The summed E-state index contributed by atoms with van der Waals surface area (Å²) in [5, 5.41) is 0. The quantitative estimate of drug-likeness (QED) is 0.691. The van der Waals surface area contributed by atoms with E-state index in [-0.39, 0.29) is 0 Å². The number of aryl methyl sites for hydroxylation is 1. The van der Waals surface area contributed by atoms with E-state index in [0.29, 0.717) is 0 Å². The zero-order valence-electron chi connectivity index (χ0n) is 9.58. The molecule has 0 saturated carbocycles. The predicted molar refractivity (Wildman–Crippen MR) is 66.1 cm³/mol. The number of rotatable bonds is 1. The summed E-state index contributed by atoms with van der Waals surface area (Å²) in [6, 6.07) is 10.6. The third-order valence-corrected chi connectivity index (χ3v) is 3.38. The Balaban J connectivity index is 2.15. The highest BCUT2D eigenvalue weighted by molar-refractivity contribution is 5.95. The van der Waals surface area contributed by atoms with Gasteiger partial charge in [0.2, 0.25) is 0 Å².